The first-order valence-electron chi connectivity index (χ1n) is 14.8. The number of carbonyl (C=O) groups excluding carboxylic acids is 3. The molecule has 2 unspecified atom stereocenters. The van der Waals surface area contributed by atoms with E-state index in [2.05, 4.69) is 24.1 Å². The Bertz CT molecular complexity index is 1190. The van der Waals surface area contributed by atoms with E-state index in [9.17, 15) is 19.5 Å². The zero-order valence-electron chi connectivity index (χ0n) is 26.3. The second-order valence-corrected chi connectivity index (χ2v) is 12.7. The van der Waals surface area contributed by atoms with Crippen LogP contribution >= 0.6 is 0 Å². The summed E-state index contributed by atoms with van der Waals surface area (Å²) in [5.74, 6) is -0.614. The molecule has 0 saturated heterocycles. The number of aromatic hydroxyl groups is 1. The van der Waals surface area contributed by atoms with Gasteiger partial charge in [-0.3, -0.25) is 9.59 Å². The van der Waals surface area contributed by atoms with Gasteiger partial charge in [-0.25, -0.2) is 4.79 Å². The molecule has 2 atom stereocenters. The van der Waals surface area contributed by atoms with Crippen molar-refractivity contribution in [3.63, 3.8) is 0 Å². The molecular formula is C34H49N3O5. The third-order valence-corrected chi connectivity index (χ3v) is 6.42. The van der Waals surface area contributed by atoms with Gasteiger partial charge < -0.3 is 25.4 Å². The molecule has 2 aromatic carbocycles. The van der Waals surface area contributed by atoms with Crippen LogP contribution in [0.4, 0.5) is 4.79 Å². The van der Waals surface area contributed by atoms with Crippen molar-refractivity contribution < 1.29 is 24.2 Å². The number of carbonyl (C=O) groups is 3. The van der Waals surface area contributed by atoms with Gasteiger partial charge in [0.15, 0.2) is 0 Å². The smallest absolute Gasteiger partial charge is 0.408 e. The van der Waals surface area contributed by atoms with Crippen LogP contribution in [0.2, 0.25) is 0 Å². The number of amides is 3. The van der Waals surface area contributed by atoms with Crippen molar-refractivity contribution in [2.45, 2.75) is 104 Å². The minimum atomic E-state index is -1.02. The summed E-state index contributed by atoms with van der Waals surface area (Å²) in [6, 6.07) is 11.9. The van der Waals surface area contributed by atoms with Crippen LogP contribution in [0.5, 0.6) is 5.75 Å². The molecule has 42 heavy (non-hydrogen) atoms. The van der Waals surface area contributed by atoms with Crippen LogP contribution < -0.4 is 10.6 Å². The van der Waals surface area contributed by atoms with Crippen LogP contribution in [0.25, 0.3) is 6.08 Å². The molecule has 0 aliphatic carbocycles. The van der Waals surface area contributed by atoms with Crippen molar-refractivity contribution in [2.75, 3.05) is 6.54 Å². The van der Waals surface area contributed by atoms with E-state index in [0.29, 0.717) is 18.5 Å². The lowest BCUT2D eigenvalue weighted by atomic mass is 9.97. The van der Waals surface area contributed by atoms with Gasteiger partial charge in [-0.05, 0) is 82.9 Å². The van der Waals surface area contributed by atoms with E-state index >= 15 is 0 Å². The van der Waals surface area contributed by atoms with Gasteiger partial charge >= 0.3 is 6.09 Å². The standard InChI is InChI=1S/C34H49N3O5/c1-9-11-12-13-21-37(29(30(39)36-33(3,4)5)26-16-14-15-24(10-2)22-26)31(40)28(35-32(41)42-34(6,7)8)23-25-17-19-27(38)20-18-25/h10,14-20,22,28-29,38H,2,9,11-13,21,23H2,1,3-8H3,(H,35,41)(H,36,39). The van der Waals surface area contributed by atoms with Gasteiger partial charge in [0.25, 0.3) is 0 Å². The van der Waals surface area contributed by atoms with Crippen LogP contribution in [0.1, 0.15) is 96.9 Å². The Morgan fingerprint density at radius 1 is 1.00 bits per heavy atom. The Morgan fingerprint density at radius 2 is 1.67 bits per heavy atom. The quantitative estimate of drug-likeness (QED) is 0.234. The number of unbranched alkanes of at least 4 members (excludes halogenated alkanes) is 3. The molecule has 2 rings (SSSR count). The molecule has 0 fully saturated rings. The third-order valence-electron chi connectivity index (χ3n) is 6.42. The van der Waals surface area contributed by atoms with Crippen molar-refractivity contribution in [3.05, 3.63) is 71.8 Å². The first-order valence-corrected chi connectivity index (χ1v) is 14.8. The molecule has 0 aliphatic heterocycles. The fourth-order valence-corrected chi connectivity index (χ4v) is 4.56. The van der Waals surface area contributed by atoms with Crippen molar-refractivity contribution in [2.24, 2.45) is 0 Å². The number of phenols is 1. The second-order valence-electron chi connectivity index (χ2n) is 12.7. The molecule has 0 heterocycles. The highest BCUT2D eigenvalue weighted by molar-refractivity contribution is 5.92. The molecule has 0 bridgehead atoms. The summed E-state index contributed by atoms with van der Waals surface area (Å²) in [6.45, 7) is 17.2. The van der Waals surface area contributed by atoms with Crippen molar-refractivity contribution >= 4 is 24.0 Å². The van der Waals surface area contributed by atoms with Gasteiger partial charge in [0.1, 0.15) is 23.4 Å². The summed E-state index contributed by atoms with van der Waals surface area (Å²) >= 11 is 0. The molecule has 0 spiro atoms. The van der Waals surface area contributed by atoms with E-state index in [-0.39, 0.29) is 18.1 Å². The summed E-state index contributed by atoms with van der Waals surface area (Å²) in [4.78, 5) is 43.0. The SMILES string of the molecule is C=Cc1cccc(C(C(=O)NC(C)(C)C)N(CCCCCC)C(=O)C(Cc2ccc(O)cc2)NC(=O)OC(C)(C)C)c1. The summed E-state index contributed by atoms with van der Waals surface area (Å²) in [7, 11) is 0. The van der Waals surface area contributed by atoms with Crippen LogP contribution in [0.15, 0.2) is 55.1 Å². The monoisotopic (exact) mass is 579 g/mol. The summed E-state index contributed by atoms with van der Waals surface area (Å²) in [5.41, 5.74) is 0.904. The Balaban J connectivity index is 2.62. The number of alkyl carbamates (subject to hydrolysis) is 1. The summed E-state index contributed by atoms with van der Waals surface area (Å²) < 4.78 is 5.51. The highest BCUT2D eigenvalue weighted by Crippen LogP contribution is 2.26. The molecule has 230 valence electrons. The van der Waals surface area contributed by atoms with Gasteiger partial charge in [0.05, 0.1) is 0 Å². The van der Waals surface area contributed by atoms with E-state index in [1.165, 1.54) is 12.1 Å². The average Bonchev–Trinajstić information content (AvgIpc) is 2.88. The summed E-state index contributed by atoms with van der Waals surface area (Å²) in [6.07, 6.45) is 4.72. The van der Waals surface area contributed by atoms with Gasteiger partial charge in [0, 0.05) is 18.5 Å². The Morgan fingerprint density at radius 3 is 2.24 bits per heavy atom. The molecule has 8 heteroatoms. The summed E-state index contributed by atoms with van der Waals surface area (Å²) in [5, 5.41) is 15.6. The zero-order chi connectivity index (χ0) is 31.5. The van der Waals surface area contributed by atoms with Crippen LogP contribution in [-0.2, 0) is 20.7 Å². The first-order chi connectivity index (χ1) is 19.6. The predicted octanol–water partition coefficient (Wildman–Crippen LogP) is 6.54. The van der Waals surface area contributed by atoms with Crippen molar-refractivity contribution in [1.82, 2.24) is 15.5 Å². The topological polar surface area (TPSA) is 108 Å². The van der Waals surface area contributed by atoms with E-state index in [0.717, 1.165) is 30.4 Å². The predicted molar refractivity (Wildman–Crippen MR) is 168 cm³/mol. The highest BCUT2D eigenvalue weighted by Gasteiger charge is 2.37. The van der Waals surface area contributed by atoms with Gasteiger partial charge in [-0.15, -0.1) is 0 Å². The minimum absolute atomic E-state index is 0.0975. The van der Waals surface area contributed by atoms with Crippen molar-refractivity contribution in [3.8, 4) is 5.75 Å². The second kappa shape index (κ2) is 15.4. The minimum Gasteiger partial charge on any atom is -0.508 e. The first kappa shape index (κ1) is 34.4. The Labute approximate surface area is 251 Å². The number of nitrogens with one attached hydrogen (secondary N) is 2. The molecule has 0 saturated carbocycles. The number of ether oxygens (including phenoxy) is 1. The number of phenolic OH excluding ortho intramolecular Hbond substituents is 1. The normalized spacial score (nSPS) is 13.0. The Kier molecular flexibility index (Phi) is 12.6. The lowest BCUT2D eigenvalue weighted by Crippen LogP contribution is -2.55. The third kappa shape index (κ3) is 11.6. The van der Waals surface area contributed by atoms with E-state index in [1.807, 2.05) is 45.0 Å². The van der Waals surface area contributed by atoms with Crippen LogP contribution in [-0.4, -0.2) is 51.6 Å². The molecule has 0 aliphatic rings. The molecule has 3 N–H and O–H groups in total. The fraction of sp³-hybridized carbons (Fsp3) is 0.500. The number of hydrogen-bond donors (Lipinski definition) is 3. The maximum atomic E-state index is 14.5. The Hall–Kier alpha value is -3.81. The zero-order valence-corrected chi connectivity index (χ0v) is 26.3. The fourth-order valence-electron chi connectivity index (χ4n) is 4.56. The van der Waals surface area contributed by atoms with Gasteiger partial charge in [-0.1, -0.05) is 69.2 Å². The number of benzene rings is 2. The molecule has 0 aromatic heterocycles. The lowest BCUT2D eigenvalue weighted by molar-refractivity contribution is -0.143. The lowest BCUT2D eigenvalue weighted by Gasteiger charge is -2.36. The maximum Gasteiger partial charge on any atom is 0.408 e. The maximum absolute atomic E-state index is 14.5. The van der Waals surface area contributed by atoms with Gasteiger partial charge in [-0.2, -0.15) is 0 Å². The number of hydrogen-bond acceptors (Lipinski definition) is 5. The molecule has 0 radical (unpaired) electrons. The van der Waals surface area contributed by atoms with E-state index in [1.54, 1.807) is 43.9 Å². The van der Waals surface area contributed by atoms with Crippen molar-refractivity contribution in [1.29, 1.82) is 0 Å². The number of rotatable bonds is 13. The molecule has 3 amide bonds. The van der Waals surface area contributed by atoms with E-state index < -0.39 is 35.2 Å². The number of nitrogens with zero attached hydrogens (tertiary/aromatic N) is 1. The molecule has 8 nitrogen and oxygen atoms in total. The van der Waals surface area contributed by atoms with E-state index in [4.69, 9.17) is 4.74 Å². The molecular weight excluding hydrogens is 530 g/mol. The van der Waals surface area contributed by atoms with Crippen LogP contribution in [0.3, 0.4) is 0 Å². The van der Waals surface area contributed by atoms with Gasteiger partial charge in [0.2, 0.25) is 11.8 Å². The average molecular weight is 580 g/mol. The highest BCUT2D eigenvalue weighted by atomic mass is 16.6. The van der Waals surface area contributed by atoms with Crippen LogP contribution in [0, 0.1) is 0 Å². The molecule has 2 aromatic rings. The largest absolute Gasteiger partial charge is 0.508 e.